The normalized spacial score (nSPS) is 15.8. The molecule has 0 aromatic carbocycles. The smallest absolute Gasteiger partial charge is 0.410 e. The summed E-state index contributed by atoms with van der Waals surface area (Å²) in [5, 5.41) is 4.35. The van der Waals surface area contributed by atoms with Crippen LogP contribution in [-0.4, -0.2) is 62.8 Å². The lowest BCUT2D eigenvalue weighted by Gasteiger charge is -2.33. The third-order valence-corrected chi connectivity index (χ3v) is 5.05. The van der Waals surface area contributed by atoms with Crippen molar-refractivity contribution in [2.24, 2.45) is 0 Å². The Morgan fingerprint density at radius 3 is 2.41 bits per heavy atom. The highest BCUT2D eigenvalue weighted by Crippen LogP contribution is 2.29. The van der Waals surface area contributed by atoms with Gasteiger partial charge in [0.15, 0.2) is 12.3 Å². The average molecular weight is 454 g/mol. The van der Waals surface area contributed by atoms with Crippen molar-refractivity contribution in [3.05, 3.63) is 33.4 Å². The van der Waals surface area contributed by atoms with Crippen molar-refractivity contribution in [2.75, 3.05) is 19.7 Å². The van der Waals surface area contributed by atoms with Gasteiger partial charge in [-0.05, 0) is 40.5 Å². The molecule has 0 saturated carbocycles. The van der Waals surface area contributed by atoms with E-state index in [1.165, 1.54) is 10.6 Å². The summed E-state index contributed by atoms with van der Waals surface area (Å²) in [4.78, 5) is 41.2. The van der Waals surface area contributed by atoms with Crippen molar-refractivity contribution in [3.63, 3.8) is 0 Å². The van der Waals surface area contributed by atoms with E-state index in [0.717, 1.165) is 0 Å². The van der Waals surface area contributed by atoms with E-state index in [4.69, 9.17) is 9.47 Å². The largest absolute Gasteiger partial charge is 0.456 e. The molecule has 0 unspecified atom stereocenters. The van der Waals surface area contributed by atoms with E-state index in [-0.39, 0.29) is 28.9 Å². The first kappa shape index (κ1) is 23.7. The van der Waals surface area contributed by atoms with Gasteiger partial charge in [-0.25, -0.2) is 22.9 Å². The number of halogens is 2. The number of alkyl halides is 2. The van der Waals surface area contributed by atoms with Crippen LogP contribution in [0.25, 0.3) is 5.65 Å². The minimum atomic E-state index is -3.17. The van der Waals surface area contributed by atoms with Crippen LogP contribution < -0.4 is 5.56 Å². The molecule has 32 heavy (non-hydrogen) atoms. The summed E-state index contributed by atoms with van der Waals surface area (Å²) < 4.78 is 37.8. The number of hydrogen-bond donors (Lipinski definition) is 1. The number of H-pyrrole nitrogens is 1. The van der Waals surface area contributed by atoms with Gasteiger partial charge >= 0.3 is 12.1 Å². The minimum absolute atomic E-state index is 0.0561. The Bertz CT molecular complexity index is 1070. The first-order chi connectivity index (χ1) is 14.7. The number of nitrogens with zero attached hydrogens (tertiary/aromatic N) is 3. The third kappa shape index (κ3) is 5.43. The second-order valence-corrected chi connectivity index (χ2v) is 9.17. The molecular weight excluding hydrogens is 426 g/mol. The van der Waals surface area contributed by atoms with E-state index in [0.29, 0.717) is 38.5 Å². The minimum Gasteiger partial charge on any atom is -0.456 e. The molecule has 0 radical (unpaired) electrons. The highest BCUT2D eigenvalue weighted by molar-refractivity contribution is 5.97. The number of esters is 1. The molecule has 1 amide bonds. The van der Waals surface area contributed by atoms with E-state index in [1.54, 1.807) is 32.6 Å². The number of aromatic amines is 1. The maximum Gasteiger partial charge on any atom is 0.410 e. The Kier molecular flexibility index (Phi) is 6.30. The summed E-state index contributed by atoms with van der Waals surface area (Å²) >= 11 is 0. The Labute approximate surface area is 183 Å². The van der Waals surface area contributed by atoms with E-state index in [2.05, 4.69) is 10.1 Å². The standard InChI is InChI=1S/C21H28F2N4O5/c1-12-16(18(29)31-11-21(5,22)23)17-24-15(28)10-14(27(17)25-12)13-6-8-26(9-7-13)19(30)32-20(2,3)4/h10,13H,6-9,11H2,1-5H3,(H,24,28). The Morgan fingerprint density at radius 2 is 1.84 bits per heavy atom. The van der Waals surface area contributed by atoms with Crippen LogP contribution in [0.15, 0.2) is 10.9 Å². The zero-order valence-electron chi connectivity index (χ0n) is 18.8. The van der Waals surface area contributed by atoms with E-state index in [9.17, 15) is 23.2 Å². The summed E-state index contributed by atoms with van der Waals surface area (Å²) in [6.45, 7) is 7.39. The SMILES string of the molecule is Cc1nn2c(C3CCN(C(=O)OC(C)(C)C)CC3)cc(=O)[nH]c2c1C(=O)OCC(C)(F)F. The molecular formula is C21H28F2N4O5. The molecule has 9 nitrogen and oxygen atoms in total. The quantitative estimate of drug-likeness (QED) is 0.711. The molecule has 1 saturated heterocycles. The van der Waals surface area contributed by atoms with Crippen LogP contribution in [0, 0.1) is 6.92 Å². The molecule has 2 aromatic rings. The van der Waals surface area contributed by atoms with Crippen molar-refractivity contribution in [3.8, 4) is 0 Å². The summed E-state index contributed by atoms with van der Waals surface area (Å²) in [7, 11) is 0. The maximum atomic E-state index is 13.1. The fourth-order valence-electron chi connectivity index (χ4n) is 3.66. The van der Waals surface area contributed by atoms with E-state index >= 15 is 0 Å². The number of piperidine rings is 1. The lowest BCUT2D eigenvalue weighted by molar-refractivity contribution is -0.0466. The molecule has 0 spiro atoms. The van der Waals surface area contributed by atoms with Crippen LogP contribution in [0.5, 0.6) is 0 Å². The second kappa shape index (κ2) is 8.51. The zero-order valence-corrected chi connectivity index (χ0v) is 18.8. The summed E-state index contributed by atoms with van der Waals surface area (Å²) in [6, 6.07) is 1.41. The van der Waals surface area contributed by atoms with Crippen molar-refractivity contribution in [1.29, 1.82) is 0 Å². The number of ether oxygens (including phenoxy) is 2. The molecule has 1 N–H and O–H groups in total. The molecule has 3 rings (SSSR count). The van der Waals surface area contributed by atoms with Gasteiger partial charge in [-0.15, -0.1) is 0 Å². The van der Waals surface area contributed by atoms with E-state index in [1.807, 2.05) is 0 Å². The molecule has 0 aliphatic carbocycles. The number of hydrogen-bond acceptors (Lipinski definition) is 6. The molecule has 3 heterocycles. The van der Waals surface area contributed by atoms with Gasteiger partial charge in [0, 0.05) is 32.0 Å². The number of carbonyl (C=O) groups excluding carboxylic acids is 2. The van der Waals surface area contributed by atoms with Crippen LogP contribution in [0.3, 0.4) is 0 Å². The van der Waals surface area contributed by atoms with Gasteiger partial charge in [0.05, 0.1) is 11.4 Å². The van der Waals surface area contributed by atoms with Crippen LogP contribution in [-0.2, 0) is 9.47 Å². The van der Waals surface area contributed by atoms with Gasteiger partial charge in [-0.3, -0.25) is 4.79 Å². The number of nitrogens with one attached hydrogen (secondary N) is 1. The number of aromatic nitrogens is 3. The van der Waals surface area contributed by atoms with Gasteiger partial charge in [-0.1, -0.05) is 0 Å². The molecule has 11 heteroatoms. The fraction of sp³-hybridized carbons (Fsp3) is 0.619. The van der Waals surface area contributed by atoms with Crippen molar-refractivity contribution < 1.29 is 27.8 Å². The van der Waals surface area contributed by atoms with Gasteiger partial charge in [0.1, 0.15) is 11.2 Å². The first-order valence-corrected chi connectivity index (χ1v) is 10.4. The Balaban J connectivity index is 1.84. The molecule has 0 atom stereocenters. The van der Waals surface area contributed by atoms with Crippen molar-refractivity contribution >= 4 is 17.7 Å². The summed E-state index contributed by atoms with van der Waals surface area (Å²) in [5.41, 5.74) is -0.161. The number of rotatable bonds is 4. The van der Waals surface area contributed by atoms with Crippen molar-refractivity contribution in [2.45, 2.75) is 64.9 Å². The Morgan fingerprint density at radius 1 is 1.22 bits per heavy atom. The van der Waals surface area contributed by atoms with Gasteiger partial charge in [0.25, 0.3) is 11.5 Å². The topological polar surface area (TPSA) is 106 Å². The third-order valence-electron chi connectivity index (χ3n) is 5.05. The van der Waals surface area contributed by atoms with Crippen LogP contribution in [0.2, 0.25) is 0 Å². The average Bonchev–Trinajstić information content (AvgIpc) is 2.99. The first-order valence-electron chi connectivity index (χ1n) is 10.4. The molecule has 1 aliphatic heterocycles. The number of amides is 1. The molecule has 2 aromatic heterocycles. The molecule has 176 valence electrons. The molecule has 0 bridgehead atoms. The predicted molar refractivity (Wildman–Crippen MR) is 111 cm³/mol. The van der Waals surface area contributed by atoms with Crippen LogP contribution in [0.4, 0.5) is 13.6 Å². The van der Waals surface area contributed by atoms with Crippen LogP contribution in [0.1, 0.15) is 68.2 Å². The lowest BCUT2D eigenvalue weighted by atomic mass is 9.93. The summed E-state index contributed by atoms with van der Waals surface area (Å²) in [5.74, 6) is -4.25. The van der Waals surface area contributed by atoms with Gasteiger partial charge in [-0.2, -0.15) is 5.10 Å². The number of fused-ring (bicyclic) bond motifs is 1. The second-order valence-electron chi connectivity index (χ2n) is 9.17. The fourth-order valence-corrected chi connectivity index (χ4v) is 3.66. The highest BCUT2D eigenvalue weighted by atomic mass is 19.3. The predicted octanol–water partition coefficient (Wildman–Crippen LogP) is 3.26. The van der Waals surface area contributed by atoms with E-state index < -0.39 is 29.7 Å². The number of aryl methyl sites for hydroxylation is 1. The Hall–Kier alpha value is -2.98. The number of carbonyl (C=O) groups is 2. The summed E-state index contributed by atoms with van der Waals surface area (Å²) in [6.07, 6.45) is 0.747. The monoisotopic (exact) mass is 454 g/mol. The van der Waals surface area contributed by atoms with Crippen molar-refractivity contribution in [1.82, 2.24) is 19.5 Å². The maximum absolute atomic E-state index is 13.1. The lowest BCUT2D eigenvalue weighted by Crippen LogP contribution is -2.41. The van der Waals surface area contributed by atoms with Gasteiger partial charge < -0.3 is 19.4 Å². The highest BCUT2D eigenvalue weighted by Gasteiger charge is 2.31. The van der Waals surface area contributed by atoms with Gasteiger partial charge in [0.2, 0.25) is 0 Å². The molecule has 1 aliphatic rings. The molecule has 1 fully saturated rings. The van der Waals surface area contributed by atoms with Crippen LogP contribution >= 0.6 is 0 Å². The zero-order chi connectivity index (χ0) is 23.8. The number of likely N-dealkylation sites (tertiary alicyclic amines) is 1.